The van der Waals surface area contributed by atoms with Gasteiger partial charge in [-0.1, -0.05) is 206 Å². The Labute approximate surface area is 439 Å². The van der Waals surface area contributed by atoms with E-state index in [1.165, 1.54) is 43.8 Å². The zero-order valence-corrected chi connectivity index (χ0v) is 41.3. The molecule has 356 valence electrons. The number of allylic oxidation sites excluding steroid dienone is 5. The molecule has 0 bridgehead atoms. The first-order valence-corrected chi connectivity index (χ1v) is 26.2. The van der Waals surface area contributed by atoms with Gasteiger partial charge in [-0.2, -0.15) is 0 Å². The van der Waals surface area contributed by atoms with Crippen LogP contribution < -0.4 is 9.80 Å². The lowest BCUT2D eigenvalue weighted by molar-refractivity contribution is 0.653. The number of hydrogen-bond donors (Lipinski definition) is 0. The third kappa shape index (κ3) is 6.37. The number of hydrogen-bond acceptors (Lipinski definition) is 4. The normalized spacial score (nSPS) is 15.4. The van der Waals surface area contributed by atoms with Crippen LogP contribution in [0.15, 0.2) is 275 Å². The molecule has 0 amide bonds. The molecular weight excluding hydrogens is 925 g/mol. The molecule has 11 aromatic carbocycles. The van der Waals surface area contributed by atoms with Crippen LogP contribution in [0.3, 0.4) is 0 Å². The number of furan rings is 2. The summed E-state index contributed by atoms with van der Waals surface area (Å²) in [4.78, 5) is 4.85. The summed E-state index contributed by atoms with van der Waals surface area (Å²) < 4.78 is 14.6. The summed E-state index contributed by atoms with van der Waals surface area (Å²) >= 11 is 0. The van der Waals surface area contributed by atoms with Gasteiger partial charge in [0.1, 0.15) is 11.2 Å². The predicted octanol–water partition coefficient (Wildman–Crippen LogP) is 20.0. The lowest BCUT2D eigenvalue weighted by Crippen LogP contribution is -2.28. The number of benzene rings is 11. The molecule has 2 aromatic heterocycles. The first-order chi connectivity index (χ1) is 37.7. The molecule has 3 aliphatic carbocycles. The highest BCUT2D eigenvalue weighted by Gasteiger charge is 2.39. The summed E-state index contributed by atoms with van der Waals surface area (Å²) in [6, 6.07) is 82.7. The van der Waals surface area contributed by atoms with E-state index in [4.69, 9.17) is 8.83 Å². The van der Waals surface area contributed by atoms with Gasteiger partial charge in [-0.3, -0.25) is 0 Å². The number of anilines is 5. The van der Waals surface area contributed by atoms with Gasteiger partial charge in [0.2, 0.25) is 0 Å². The van der Waals surface area contributed by atoms with Gasteiger partial charge in [-0.15, -0.1) is 0 Å². The molecule has 2 unspecified atom stereocenters. The molecule has 0 aliphatic heterocycles. The van der Waals surface area contributed by atoms with Gasteiger partial charge in [0, 0.05) is 67.1 Å². The van der Waals surface area contributed by atoms with Gasteiger partial charge >= 0.3 is 0 Å². The van der Waals surface area contributed by atoms with Crippen LogP contribution in [0.2, 0.25) is 0 Å². The van der Waals surface area contributed by atoms with Crippen molar-refractivity contribution >= 4 is 106 Å². The number of para-hydroxylation sites is 4. The number of nitrogens with zero attached hydrogens (tertiary/aromatic N) is 2. The molecule has 0 fully saturated rings. The highest BCUT2D eigenvalue weighted by molar-refractivity contribution is 6.25. The maximum Gasteiger partial charge on any atom is 0.159 e. The van der Waals surface area contributed by atoms with Crippen LogP contribution in [-0.2, 0) is 0 Å². The molecule has 3 aliphatic rings. The van der Waals surface area contributed by atoms with Gasteiger partial charge < -0.3 is 18.6 Å². The summed E-state index contributed by atoms with van der Waals surface area (Å²) in [5.74, 6) is 0.201. The molecular formula is C72H46N2O2. The van der Waals surface area contributed by atoms with Gasteiger partial charge in [0.25, 0.3) is 0 Å². The van der Waals surface area contributed by atoms with Crippen LogP contribution in [0.4, 0.5) is 28.4 Å². The van der Waals surface area contributed by atoms with Crippen molar-refractivity contribution in [3.63, 3.8) is 0 Å². The maximum absolute atomic E-state index is 7.31. The summed E-state index contributed by atoms with van der Waals surface area (Å²) in [6.45, 7) is 0. The minimum absolute atomic E-state index is 0.0501. The van der Waals surface area contributed by atoms with Crippen LogP contribution in [-0.4, -0.2) is 0 Å². The first kappa shape index (κ1) is 42.6. The van der Waals surface area contributed by atoms with E-state index in [-0.39, 0.29) is 11.8 Å². The number of fused-ring (bicyclic) bond motifs is 10. The topological polar surface area (TPSA) is 32.8 Å². The smallest absolute Gasteiger partial charge is 0.159 e. The summed E-state index contributed by atoms with van der Waals surface area (Å²) in [6.07, 6.45) is 14.2. The second-order valence-corrected chi connectivity index (χ2v) is 20.2. The Morgan fingerprint density at radius 1 is 0.355 bits per heavy atom. The minimum Gasteiger partial charge on any atom is -0.453 e. The molecule has 76 heavy (non-hydrogen) atoms. The van der Waals surface area contributed by atoms with Crippen molar-refractivity contribution in [1.82, 2.24) is 0 Å². The molecule has 2 atom stereocenters. The van der Waals surface area contributed by atoms with E-state index in [9.17, 15) is 0 Å². The molecule has 4 heteroatoms. The average molecular weight is 971 g/mol. The van der Waals surface area contributed by atoms with Gasteiger partial charge in [-0.25, -0.2) is 0 Å². The maximum atomic E-state index is 7.31. The molecule has 4 nitrogen and oxygen atoms in total. The molecule has 0 radical (unpaired) electrons. The Morgan fingerprint density at radius 2 is 0.842 bits per heavy atom. The first-order valence-electron chi connectivity index (χ1n) is 26.2. The summed E-state index contributed by atoms with van der Waals surface area (Å²) in [5.41, 5.74) is 19.2. The van der Waals surface area contributed by atoms with Crippen LogP contribution in [0, 0.1) is 5.92 Å². The van der Waals surface area contributed by atoms with Crippen molar-refractivity contribution in [2.24, 2.45) is 5.92 Å². The minimum atomic E-state index is 0.0501. The quantitative estimate of drug-likeness (QED) is 0.152. The van der Waals surface area contributed by atoms with Crippen LogP contribution in [0.25, 0.3) is 99.8 Å². The zero-order chi connectivity index (χ0) is 49.8. The molecule has 0 spiro atoms. The third-order valence-corrected chi connectivity index (χ3v) is 16.1. The number of rotatable bonds is 8. The Bertz CT molecular complexity index is 4640. The largest absolute Gasteiger partial charge is 0.453 e. The molecule has 13 aromatic rings. The molecule has 0 N–H and O–H groups in total. The molecule has 16 rings (SSSR count). The van der Waals surface area contributed by atoms with Crippen molar-refractivity contribution in [2.75, 3.05) is 9.80 Å². The van der Waals surface area contributed by atoms with E-state index in [0.717, 1.165) is 100 Å². The monoisotopic (exact) mass is 970 g/mol. The van der Waals surface area contributed by atoms with Crippen LogP contribution in [0.1, 0.15) is 22.6 Å². The summed E-state index contributed by atoms with van der Waals surface area (Å²) in [7, 11) is 0. The van der Waals surface area contributed by atoms with E-state index in [1.54, 1.807) is 0 Å². The van der Waals surface area contributed by atoms with Crippen LogP contribution >= 0.6 is 0 Å². The second kappa shape index (κ2) is 16.8. The molecule has 0 saturated heterocycles. The Hall–Kier alpha value is -9.90. The fourth-order valence-electron chi connectivity index (χ4n) is 12.8. The predicted molar refractivity (Wildman–Crippen MR) is 317 cm³/mol. The van der Waals surface area contributed by atoms with Gasteiger partial charge in [0.05, 0.1) is 17.1 Å². The molecule has 2 heterocycles. The fourth-order valence-corrected chi connectivity index (χ4v) is 12.8. The average Bonchev–Trinajstić information content (AvgIpc) is 4.15. The Morgan fingerprint density at radius 3 is 1.42 bits per heavy atom. The van der Waals surface area contributed by atoms with E-state index >= 15 is 0 Å². The lowest BCUT2D eigenvalue weighted by atomic mass is 9.68. The highest BCUT2D eigenvalue weighted by Crippen LogP contribution is 2.55. The second-order valence-electron chi connectivity index (χ2n) is 20.2. The lowest BCUT2D eigenvalue weighted by Gasteiger charge is -2.41. The standard InChI is InChI=1S/C72H46N2O2/c1-5-19-45(20-6-1)59-43-49-23-13-15-29-53(49)67-57-31-17-33-63(69(57)75-71(59)67)73(51-25-9-3-10-26-51)61-41-37-47-36-40-56-62(42-38-48-35-39-55(61)65(47)66(48)56)74(52-27-11-4-12-28-52)64-34-18-32-58-68-54-30-16-14-24-50(54)44-60(72(68)76-70(58)64)46-21-7-2-8-22-46/h1-44,47,65H. The Balaban J connectivity index is 0.902. The highest BCUT2D eigenvalue weighted by atomic mass is 16.3. The zero-order valence-electron chi connectivity index (χ0n) is 41.3. The van der Waals surface area contributed by atoms with Gasteiger partial charge in [-0.05, 0) is 110 Å². The van der Waals surface area contributed by atoms with Crippen LogP contribution in [0.5, 0.6) is 0 Å². The van der Waals surface area contributed by atoms with E-state index in [2.05, 4.69) is 277 Å². The summed E-state index contributed by atoms with van der Waals surface area (Å²) in [5, 5.41) is 9.16. The molecule has 0 saturated carbocycles. The van der Waals surface area contributed by atoms with Gasteiger partial charge in [0.15, 0.2) is 11.2 Å². The van der Waals surface area contributed by atoms with Crippen molar-refractivity contribution in [1.29, 1.82) is 0 Å². The van der Waals surface area contributed by atoms with E-state index in [1.807, 2.05) is 0 Å². The van der Waals surface area contributed by atoms with Crippen molar-refractivity contribution in [2.45, 2.75) is 5.92 Å². The fraction of sp³-hybridized carbons (Fsp3) is 0.0278. The van der Waals surface area contributed by atoms with Crippen molar-refractivity contribution < 1.29 is 8.83 Å². The third-order valence-electron chi connectivity index (χ3n) is 16.1. The van der Waals surface area contributed by atoms with E-state index < -0.39 is 0 Å². The van der Waals surface area contributed by atoms with Crippen molar-refractivity contribution in [3.8, 4) is 22.3 Å². The SMILES string of the molecule is C1=Cc2ccc(N(c3ccccc3)c3cccc4c3oc3c(-c5ccccc5)cc5ccccc5c34)c3c2C2C1=C(N(c1ccccc1)c1cccc4c1oc1c(-c5ccccc5)cc5ccccc5c14)C=CC2C=C3. The van der Waals surface area contributed by atoms with E-state index in [0.29, 0.717) is 0 Å². The Kier molecular flexibility index (Phi) is 9.43. The van der Waals surface area contributed by atoms with Crippen molar-refractivity contribution in [3.05, 3.63) is 283 Å².